The molecule has 1 aliphatic carbocycles. The van der Waals surface area contributed by atoms with E-state index in [1.807, 2.05) is 4.90 Å². The van der Waals surface area contributed by atoms with Gasteiger partial charge in [0.1, 0.15) is 5.60 Å². The molecule has 1 saturated carbocycles. The lowest BCUT2D eigenvalue weighted by atomic mass is 9.97. The van der Waals surface area contributed by atoms with Gasteiger partial charge in [-0.1, -0.05) is 23.2 Å². The summed E-state index contributed by atoms with van der Waals surface area (Å²) >= 11 is 12.2. The number of imidazole rings is 1. The highest BCUT2D eigenvalue weighted by Gasteiger charge is 2.48. The number of benzene rings is 1. The Morgan fingerprint density at radius 3 is 2.50 bits per heavy atom. The molecule has 6 nitrogen and oxygen atoms in total. The summed E-state index contributed by atoms with van der Waals surface area (Å²) in [4.78, 5) is 6.60. The van der Waals surface area contributed by atoms with E-state index < -0.39 is 17.9 Å². The predicted octanol–water partition coefficient (Wildman–Crippen LogP) is 2.32. The molecular weight excluding hydrogens is 353 g/mol. The monoisotopic (exact) mass is 371 g/mol. The third kappa shape index (κ3) is 2.32. The van der Waals surface area contributed by atoms with E-state index in [0.717, 1.165) is 19.5 Å². The number of nitrogens with zero attached hydrogens (tertiary/aromatic N) is 3. The molecule has 3 atom stereocenters. The first-order valence-electron chi connectivity index (χ1n) is 8.12. The molecule has 130 valence electrons. The van der Waals surface area contributed by atoms with Crippen molar-refractivity contribution in [1.82, 2.24) is 9.55 Å². The summed E-state index contributed by atoms with van der Waals surface area (Å²) in [6, 6.07) is 3.30. The summed E-state index contributed by atoms with van der Waals surface area (Å²) in [5.74, 6) is 0.564. The van der Waals surface area contributed by atoms with Gasteiger partial charge in [0.2, 0.25) is 5.95 Å². The van der Waals surface area contributed by atoms with Crippen molar-refractivity contribution in [2.75, 3.05) is 18.0 Å². The topological polar surface area (TPSA) is 81.8 Å². The van der Waals surface area contributed by atoms with Crippen LogP contribution in [-0.2, 0) is 0 Å². The molecule has 1 aromatic heterocycles. The van der Waals surface area contributed by atoms with Gasteiger partial charge < -0.3 is 20.2 Å². The Morgan fingerprint density at radius 2 is 1.92 bits per heavy atom. The number of rotatable bonds is 3. The standard InChI is InChI=1S/C16H19Cl2N3O3/c17-9-7-11-12(8-10(9)18)21(15(19-11)20-5-2-6-20)14(23)16(24)4-1-3-13(16)22/h7-8,13-14,22-24H,1-6H2. The molecular formula is C16H19Cl2N3O3. The third-order valence-corrected chi connectivity index (χ3v) is 5.90. The van der Waals surface area contributed by atoms with Gasteiger partial charge in [0.25, 0.3) is 0 Å². The van der Waals surface area contributed by atoms with Gasteiger partial charge in [-0.2, -0.15) is 0 Å². The number of aliphatic hydroxyl groups excluding tert-OH is 2. The Hall–Kier alpha value is -1.05. The Morgan fingerprint density at radius 1 is 1.21 bits per heavy atom. The van der Waals surface area contributed by atoms with E-state index in [0.29, 0.717) is 46.3 Å². The van der Waals surface area contributed by atoms with E-state index >= 15 is 0 Å². The first kappa shape index (κ1) is 16.4. The van der Waals surface area contributed by atoms with Crippen LogP contribution >= 0.6 is 23.2 Å². The molecule has 0 spiro atoms. The van der Waals surface area contributed by atoms with E-state index in [-0.39, 0.29) is 0 Å². The van der Waals surface area contributed by atoms with E-state index in [1.54, 1.807) is 16.7 Å². The average molecular weight is 372 g/mol. The van der Waals surface area contributed by atoms with Gasteiger partial charge in [-0.25, -0.2) is 4.98 Å². The maximum atomic E-state index is 11.0. The van der Waals surface area contributed by atoms with Gasteiger partial charge in [-0.15, -0.1) is 0 Å². The molecule has 3 N–H and O–H groups in total. The summed E-state index contributed by atoms with van der Waals surface area (Å²) in [7, 11) is 0. The minimum Gasteiger partial charge on any atom is -0.390 e. The molecule has 8 heteroatoms. The van der Waals surface area contributed by atoms with Gasteiger partial charge in [-0.05, 0) is 37.8 Å². The van der Waals surface area contributed by atoms with Gasteiger partial charge in [0.15, 0.2) is 6.23 Å². The second-order valence-corrected chi connectivity index (χ2v) is 7.46. The van der Waals surface area contributed by atoms with Crippen LogP contribution in [0.3, 0.4) is 0 Å². The van der Waals surface area contributed by atoms with Gasteiger partial charge in [-0.3, -0.25) is 4.57 Å². The molecule has 1 aliphatic heterocycles. The first-order valence-corrected chi connectivity index (χ1v) is 8.88. The zero-order chi connectivity index (χ0) is 17.1. The summed E-state index contributed by atoms with van der Waals surface area (Å²) in [5.41, 5.74) is -0.410. The van der Waals surface area contributed by atoms with Crippen molar-refractivity contribution in [3.8, 4) is 0 Å². The molecule has 2 fully saturated rings. The van der Waals surface area contributed by atoms with Crippen molar-refractivity contribution in [2.24, 2.45) is 0 Å². The van der Waals surface area contributed by atoms with Crippen LogP contribution in [0, 0.1) is 0 Å². The Labute approximate surface area is 149 Å². The first-order chi connectivity index (χ1) is 11.4. The quantitative estimate of drug-likeness (QED) is 0.771. The number of aromatic nitrogens is 2. The molecule has 1 aromatic carbocycles. The lowest BCUT2D eigenvalue weighted by molar-refractivity contribution is -0.157. The largest absolute Gasteiger partial charge is 0.390 e. The lowest BCUT2D eigenvalue weighted by Crippen LogP contribution is -2.47. The Bertz CT molecular complexity index is 792. The van der Waals surface area contributed by atoms with Crippen molar-refractivity contribution in [2.45, 2.75) is 43.6 Å². The third-order valence-electron chi connectivity index (χ3n) is 5.18. The fraction of sp³-hybridized carbons (Fsp3) is 0.562. The molecule has 24 heavy (non-hydrogen) atoms. The minimum absolute atomic E-state index is 0.329. The molecule has 4 rings (SSSR count). The zero-order valence-electron chi connectivity index (χ0n) is 13.0. The van der Waals surface area contributed by atoms with Crippen molar-refractivity contribution in [3.63, 3.8) is 0 Å². The molecule has 0 bridgehead atoms. The minimum atomic E-state index is -1.60. The summed E-state index contributed by atoms with van der Waals surface area (Å²) in [6.07, 6.45) is 0.215. The maximum Gasteiger partial charge on any atom is 0.208 e. The Kier molecular flexibility index (Phi) is 3.93. The number of anilines is 1. The number of hydrogen-bond donors (Lipinski definition) is 3. The van der Waals surface area contributed by atoms with Gasteiger partial charge in [0.05, 0.1) is 27.2 Å². The highest BCUT2D eigenvalue weighted by atomic mass is 35.5. The summed E-state index contributed by atoms with van der Waals surface area (Å²) < 4.78 is 1.57. The van der Waals surface area contributed by atoms with Crippen LogP contribution < -0.4 is 4.90 Å². The van der Waals surface area contributed by atoms with Crippen LogP contribution in [0.15, 0.2) is 12.1 Å². The van der Waals surface area contributed by atoms with Crippen LogP contribution in [0.2, 0.25) is 10.0 Å². The normalized spacial score (nSPS) is 28.4. The molecule has 2 aromatic rings. The van der Waals surface area contributed by atoms with Crippen LogP contribution in [0.4, 0.5) is 5.95 Å². The number of aliphatic hydroxyl groups is 3. The fourth-order valence-corrected chi connectivity index (χ4v) is 3.89. The van der Waals surface area contributed by atoms with Crippen molar-refractivity contribution < 1.29 is 15.3 Å². The van der Waals surface area contributed by atoms with Crippen LogP contribution in [-0.4, -0.2) is 49.7 Å². The molecule has 0 amide bonds. The van der Waals surface area contributed by atoms with Gasteiger partial charge >= 0.3 is 0 Å². The second-order valence-electron chi connectivity index (χ2n) is 6.65. The van der Waals surface area contributed by atoms with Crippen LogP contribution in [0.5, 0.6) is 0 Å². The maximum absolute atomic E-state index is 11.0. The number of fused-ring (bicyclic) bond motifs is 1. The molecule has 2 heterocycles. The van der Waals surface area contributed by atoms with E-state index in [4.69, 9.17) is 23.2 Å². The molecule has 1 saturated heterocycles. The van der Waals surface area contributed by atoms with Crippen molar-refractivity contribution in [1.29, 1.82) is 0 Å². The predicted molar refractivity (Wildman–Crippen MR) is 92.6 cm³/mol. The Balaban J connectivity index is 1.90. The average Bonchev–Trinajstić information content (AvgIpc) is 2.99. The van der Waals surface area contributed by atoms with Gasteiger partial charge in [0, 0.05) is 13.1 Å². The fourth-order valence-electron chi connectivity index (χ4n) is 3.58. The second kappa shape index (κ2) is 5.75. The zero-order valence-corrected chi connectivity index (χ0v) is 14.5. The van der Waals surface area contributed by atoms with Crippen LogP contribution in [0.25, 0.3) is 11.0 Å². The number of hydrogen-bond acceptors (Lipinski definition) is 5. The van der Waals surface area contributed by atoms with Crippen molar-refractivity contribution in [3.05, 3.63) is 22.2 Å². The van der Waals surface area contributed by atoms with E-state index in [9.17, 15) is 15.3 Å². The smallest absolute Gasteiger partial charge is 0.208 e. The molecule has 3 unspecified atom stereocenters. The lowest BCUT2D eigenvalue weighted by Gasteiger charge is -2.37. The summed E-state index contributed by atoms with van der Waals surface area (Å²) in [5, 5.41) is 32.7. The van der Waals surface area contributed by atoms with Crippen LogP contribution in [0.1, 0.15) is 31.9 Å². The van der Waals surface area contributed by atoms with Crippen molar-refractivity contribution >= 4 is 40.2 Å². The number of halogens is 2. The highest BCUT2D eigenvalue weighted by molar-refractivity contribution is 6.42. The highest BCUT2D eigenvalue weighted by Crippen LogP contribution is 2.42. The SMILES string of the molecule is OC1CCCC1(O)C(O)n1c(N2CCC2)nc2cc(Cl)c(Cl)cc21. The van der Waals surface area contributed by atoms with E-state index in [2.05, 4.69) is 4.98 Å². The summed E-state index contributed by atoms with van der Waals surface area (Å²) in [6.45, 7) is 1.66. The molecule has 0 radical (unpaired) electrons. The van der Waals surface area contributed by atoms with E-state index in [1.165, 1.54) is 0 Å². The molecule has 2 aliphatic rings.